The lowest BCUT2D eigenvalue weighted by Gasteiger charge is -2.18. The van der Waals surface area contributed by atoms with Crippen LogP contribution in [0.2, 0.25) is 0 Å². The average molecular weight is 456 g/mol. The highest BCUT2D eigenvalue weighted by atomic mass is 32.2. The number of amides is 1. The summed E-state index contributed by atoms with van der Waals surface area (Å²) >= 11 is 1.64. The van der Waals surface area contributed by atoms with E-state index in [9.17, 15) is 13.2 Å². The zero-order valence-electron chi connectivity index (χ0n) is 17.0. The van der Waals surface area contributed by atoms with Gasteiger partial charge >= 0.3 is 0 Å². The molecule has 0 radical (unpaired) electrons. The molecule has 3 aromatic rings. The van der Waals surface area contributed by atoms with Gasteiger partial charge in [-0.2, -0.15) is 4.31 Å². The molecule has 2 heterocycles. The second kappa shape index (κ2) is 9.74. The molecule has 0 unspecified atom stereocenters. The summed E-state index contributed by atoms with van der Waals surface area (Å²) in [6.45, 7) is 1.27. The first kappa shape index (κ1) is 21.7. The van der Waals surface area contributed by atoms with Gasteiger partial charge in [0, 0.05) is 23.7 Å². The molecule has 0 bridgehead atoms. The van der Waals surface area contributed by atoms with Crippen LogP contribution >= 0.6 is 11.3 Å². The van der Waals surface area contributed by atoms with Crippen LogP contribution in [-0.2, 0) is 14.8 Å². The molecular weight excluding hydrogens is 430 g/mol. The van der Waals surface area contributed by atoms with E-state index in [2.05, 4.69) is 10.6 Å². The third-order valence-electron chi connectivity index (χ3n) is 5.27. The molecule has 0 spiro atoms. The van der Waals surface area contributed by atoms with E-state index < -0.39 is 10.0 Å². The first-order valence-corrected chi connectivity index (χ1v) is 12.6. The molecule has 31 heavy (non-hydrogen) atoms. The smallest absolute Gasteiger partial charge is 0.243 e. The number of nitrogens with one attached hydrogen (secondary N) is 2. The Labute approximate surface area is 187 Å². The molecule has 0 aliphatic carbocycles. The highest BCUT2D eigenvalue weighted by molar-refractivity contribution is 7.89. The van der Waals surface area contributed by atoms with Crippen molar-refractivity contribution in [1.82, 2.24) is 9.62 Å². The summed E-state index contributed by atoms with van der Waals surface area (Å²) in [6.07, 6.45) is 1.80. The zero-order chi connectivity index (χ0) is 21.7. The van der Waals surface area contributed by atoms with Crippen molar-refractivity contribution in [1.29, 1.82) is 0 Å². The number of carbonyl (C=O) groups excluding carboxylic acids is 1. The number of sulfonamides is 1. The van der Waals surface area contributed by atoms with Crippen LogP contribution in [0.5, 0.6) is 0 Å². The lowest BCUT2D eigenvalue weighted by atomic mass is 10.1. The molecule has 1 aromatic heterocycles. The highest BCUT2D eigenvalue weighted by Gasteiger charge is 2.27. The minimum Gasteiger partial charge on any atom is -0.325 e. The van der Waals surface area contributed by atoms with Crippen LogP contribution in [0.25, 0.3) is 0 Å². The van der Waals surface area contributed by atoms with E-state index in [-0.39, 0.29) is 23.4 Å². The zero-order valence-corrected chi connectivity index (χ0v) is 18.7. The summed E-state index contributed by atoms with van der Waals surface area (Å²) in [6, 6.07) is 20.3. The van der Waals surface area contributed by atoms with Crippen LogP contribution in [0.1, 0.15) is 29.3 Å². The topological polar surface area (TPSA) is 78.5 Å². The van der Waals surface area contributed by atoms with Crippen LogP contribution in [-0.4, -0.2) is 38.3 Å². The SMILES string of the molecule is O=C(CN[C@@H](c1ccccc1)c1cccs1)Nc1ccc(S(=O)(=O)N2CCCC2)cc1. The van der Waals surface area contributed by atoms with E-state index in [0.29, 0.717) is 18.8 Å². The number of hydrogen-bond donors (Lipinski definition) is 2. The standard InChI is InChI=1S/C23H25N3O3S2/c27-22(17-24-23(21-9-6-16-30-21)18-7-2-1-3-8-18)25-19-10-12-20(13-11-19)31(28,29)26-14-4-5-15-26/h1-3,6-13,16,23-24H,4-5,14-15,17H2,(H,25,27)/t23-/m0/s1. The van der Waals surface area contributed by atoms with Crippen molar-refractivity contribution in [2.45, 2.75) is 23.8 Å². The Kier molecular flexibility index (Phi) is 6.82. The molecule has 162 valence electrons. The fourth-order valence-electron chi connectivity index (χ4n) is 3.67. The monoisotopic (exact) mass is 455 g/mol. The van der Waals surface area contributed by atoms with Gasteiger partial charge in [0.05, 0.1) is 17.5 Å². The maximum atomic E-state index is 12.6. The molecule has 1 saturated heterocycles. The van der Waals surface area contributed by atoms with Crippen molar-refractivity contribution in [3.8, 4) is 0 Å². The van der Waals surface area contributed by atoms with Gasteiger partial charge < -0.3 is 5.32 Å². The number of rotatable bonds is 8. The summed E-state index contributed by atoms with van der Waals surface area (Å²) < 4.78 is 26.8. The fourth-order valence-corrected chi connectivity index (χ4v) is 6.02. The van der Waals surface area contributed by atoms with Crippen LogP contribution in [0, 0.1) is 0 Å². The van der Waals surface area contributed by atoms with Gasteiger partial charge in [-0.3, -0.25) is 10.1 Å². The largest absolute Gasteiger partial charge is 0.325 e. The number of thiophene rings is 1. The molecule has 1 aliphatic rings. The average Bonchev–Trinajstić information content (AvgIpc) is 3.50. The van der Waals surface area contributed by atoms with Crippen molar-refractivity contribution >= 4 is 33.0 Å². The van der Waals surface area contributed by atoms with Gasteiger partial charge in [0.15, 0.2) is 0 Å². The van der Waals surface area contributed by atoms with Crippen LogP contribution in [0.4, 0.5) is 5.69 Å². The fraction of sp³-hybridized carbons (Fsp3) is 0.261. The number of carbonyl (C=O) groups is 1. The molecular formula is C23H25N3O3S2. The molecule has 6 nitrogen and oxygen atoms in total. The predicted octanol–water partition coefficient (Wildman–Crippen LogP) is 3.85. The summed E-state index contributed by atoms with van der Waals surface area (Å²) in [5.41, 5.74) is 1.66. The Morgan fingerprint density at radius 3 is 2.32 bits per heavy atom. The maximum Gasteiger partial charge on any atom is 0.243 e. The summed E-state index contributed by atoms with van der Waals surface area (Å²) in [5, 5.41) is 8.18. The second-order valence-electron chi connectivity index (χ2n) is 7.42. The molecule has 1 fully saturated rings. The number of anilines is 1. The first-order chi connectivity index (χ1) is 15.0. The first-order valence-electron chi connectivity index (χ1n) is 10.3. The van der Waals surface area contributed by atoms with Gasteiger partial charge in [0.25, 0.3) is 0 Å². The molecule has 0 saturated carbocycles. The Bertz CT molecular complexity index is 1090. The third-order valence-corrected chi connectivity index (χ3v) is 8.12. The molecule has 2 aromatic carbocycles. The molecule has 4 rings (SSSR count). The van der Waals surface area contributed by atoms with E-state index in [1.54, 1.807) is 35.6 Å². The molecule has 1 amide bonds. The van der Waals surface area contributed by atoms with Gasteiger partial charge in [0.1, 0.15) is 0 Å². The Balaban J connectivity index is 1.38. The van der Waals surface area contributed by atoms with Crippen LogP contribution in [0.3, 0.4) is 0 Å². The Morgan fingerprint density at radius 1 is 0.968 bits per heavy atom. The minimum absolute atomic E-state index is 0.0695. The van der Waals surface area contributed by atoms with Gasteiger partial charge in [-0.1, -0.05) is 36.4 Å². The van der Waals surface area contributed by atoms with Gasteiger partial charge in [-0.15, -0.1) is 11.3 Å². The van der Waals surface area contributed by atoms with E-state index in [4.69, 9.17) is 0 Å². The minimum atomic E-state index is -3.45. The molecule has 2 N–H and O–H groups in total. The Hall–Kier alpha value is -2.52. The van der Waals surface area contributed by atoms with Crippen molar-refractivity contribution in [3.05, 3.63) is 82.6 Å². The molecule has 1 aliphatic heterocycles. The number of benzene rings is 2. The van der Waals surface area contributed by atoms with Crippen LogP contribution in [0.15, 0.2) is 77.0 Å². The van der Waals surface area contributed by atoms with Crippen molar-refractivity contribution < 1.29 is 13.2 Å². The molecule has 8 heteroatoms. The lowest BCUT2D eigenvalue weighted by molar-refractivity contribution is -0.115. The van der Waals surface area contributed by atoms with Crippen molar-refractivity contribution in [2.75, 3.05) is 25.0 Å². The quantitative estimate of drug-likeness (QED) is 0.541. The van der Waals surface area contributed by atoms with Gasteiger partial charge in [-0.25, -0.2) is 8.42 Å². The number of nitrogens with zero attached hydrogens (tertiary/aromatic N) is 1. The Morgan fingerprint density at radius 2 is 1.68 bits per heavy atom. The second-order valence-corrected chi connectivity index (χ2v) is 10.3. The van der Waals surface area contributed by atoms with E-state index in [0.717, 1.165) is 23.3 Å². The normalized spacial score (nSPS) is 15.6. The van der Waals surface area contributed by atoms with E-state index in [1.165, 1.54) is 4.31 Å². The van der Waals surface area contributed by atoms with Gasteiger partial charge in [-0.05, 0) is 54.1 Å². The summed E-state index contributed by atoms with van der Waals surface area (Å²) in [7, 11) is -3.45. The maximum absolute atomic E-state index is 12.6. The van der Waals surface area contributed by atoms with E-state index in [1.807, 2.05) is 47.8 Å². The third kappa shape index (κ3) is 5.22. The van der Waals surface area contributed by atoms with Crippen LogP contribution < -0.4 is 10.6 Å². The molecule has 1 atom stereocenters. The van der Waals surface area contributed by atoms with Gasteiger partial charge in [0.2, 0.25) is 15.9 Å². The number of hydrogen-bond acceptors (Lipinski definition) is 5. The predicted molar refractivity (Wildman–Crippen MR) is 124 cm³/mol. The van der Waals surface area contributed by atoms with E-state index >= 15 is 0 Å². The van der Waals surface area contributed by atoms with Crippen molar-refractivity contribution in [2.24, 2.45) is 0 Å². The van der Waals surface area contributed by atoms with Crippen molar-refractivity contribution in [3.63, 3.8) is 0 Å². The lowest BCUT2D eigenvalue weighted by Crippen LogP contribution is -2.31. The summed E-state index contributed by atoms with van der Waals surface area (Å²) in [5.74, 6) is -0.187. The highest BCUT2D eigenvalue weighted by Crippen LogP contribution is 2.26. The summed E-state index contributed by atoms with van der Waals surface area (Å²) in [4.78, 5) is 13.9.